The number of carbonyl (C=O) groups is 1. The second kappa shape index (κ2) is 7.84. The zero-order valence-electron chi connectivity index (χ0n) is 13.5. The standard InChI is InChI=1S/C17H26N4O/c1-4-21(11-10-18-3)15-7-5-6-14(12-15)20-16-9-8-13(2)19-17(16)22/h5-7,12,16,18,20H,2,4,8-11H2,1,3H3,(H,19,22). The molecule has 1 aliphatic heterocycles. The van der Waals surface area contributed by atoms with Gasteiger partial charge in [-0.3, -0.25) is 4.79 Å². The third kappa shape index (κ3) is 4.24. The molecule has 1 heterocycles. The lowest BCUT2D eigenvalue weighted by molar-refractivity contribution is -0.122. The Bertz CT molecular complexity index is 529. The van der Waals surface area contributed by atoms with E-state index in [4.69, 9.17) is 0 Å². The molecule has 0 aliphatic carbocycles. The third-order valence-corrected chi connectivity index (χ3v) is 3.92. The Balaban J connectivity index is 2.04. The van der Waals surface area contributed by atoms with Crippen LogP contribution in [0.25, 0.3) is 0 Å². The summed E-state index contributed by atoms with van der Waals surface area (Å²) in [5.41, 5.74) is 2.96. The van der Waals surface area contributed by atoms with Gasteiger partial charge in [-0.05, 0) is 45.0 Å². The minimum atomic E-state index is -0.187. The molecule has 1 aromatic carbocycles. The lowest BCUT2D eigenvalue weighted by Crippen LogP contribution is -2.43. The molecule has 1 atom stereocenters. The van der Waals surface area contributed by atoms with Crippen molar-refractivity contribution < 1.29 is 4.79 Å². The van der Waals surface area contributed by atoms with E-state index in [0.29, 0.717) is 0 Å². The summed E-state index contributed by atoms with van der Waals surface area (Å²) in [6.45, 7) is 8.81. The number of hydrogen-bond donors (Lipinski definition) is 3. The van der Waals surface area contributed by atoms with Crippen LogP contribution in [0.1, 0.15) is 19.8 Å². The maximum absolute atomic E-state index is 12.0. The largest absolute Gasteiger partial charge is 0.374 e. The topological polar surface area (TPSA) is 56.4 Å². The Morgan fingerprint density at radius 3 is 2.95 bits per heavy atom. The Hall–Kier alpha value is -2.01. The number of nitrogens with zero attached hydrogens (tertiary/aromatic N) is 1. The fourth-order valence-corrected chi connectivity index (χ4v) is 2.62. The highest BCUT2D eigenvalue weighted by Crippen LogP contribution is 2.22. The summed E-state index contributed by atoms with van der Waals surface area (Å²) in [5.74, 6) is 0.00387. The van der Waals surface area contributed by atoms with Crippen LogP contribution in [0.15, 0.2) is 36.5 Å². The molecule has 2 rings (SSSR count). The quantitative estimate of drug-likeness (QED) is 0.720. The Kier molecular flexibility index (Phi) is 5.83. The highest BCUT2D eigenvalue weighted by Gasteiger charge is 2.23. The van der Waals surface area contributed by atoms with Crippen LogP contribution in [-0.4, -0.2) is 38.6 Å². The van der Waals surface area contributed by atoms with Crippen LogP contribution in [0.3, 0.4) is 0 Å². The van der Waals surface area contributed by atoms with Crippen LogP contribution < -0.4 is 20.9 Å². The van der Waals surface area contributed by atoms with Gasteiger partial charge in [0.1, 0.15) is 6.04 Å². The first-order chi connectivity index (χ1) is 10.6. The van der Waals surface area contributed by atoms with Crippen LogP contribution in [-0.2, 0) is 4.79 Å². The first-order valence-corrected chi connectivity index (χ1v) is 7.88. The zero-order chi connectivity index (χ0) is 15.9. The number of anilines is 2. The van der Waals surface area contributed by atoms with Crippen molar-refractivity contribution in [2.24, 2.45) is 0 Å². The van der Waals surface area contributed by atoms with Crippen LogP contribution in [0.2, 0.25) is 0 Å². The minimum absolute atomic E-state index is 0.00387. The Morgan fingerprint density at radius 1 is 1.45 bits per heavy atom. The molecule has 1 amide bonds. The normalized spacial score (nSPS) is 18.0. The van der Waals surface area contributed by atoms with E-state index in [1.54, 1.807) is 0 Å². The van der Waals surface area contributed by atoms with Crippen molar-refractivity contribution in [3.05, 3.63) is 36.5 Å². The summed E-state index contributed by atoms with van der Waals surface area (Å²) >= 11 is 0. The fourth-order valence-electron chi connectivity index (χ4n) is 2.62. The van der Waals surface area contributed by atoms with Gasteiger partial charge in [0.2, 0.25) is 5.91 Å². The number of nitrogens with one attached hydrogen (secondary N) is 3. The number of carbonyl (C=O) groups excluding carboxylic acids is 1. The van der Waals surface area contributed by atoms with Gasteiger partial charge in [-0.2, -0.15) is 0 Å². The maximum Gasteiger partial charge on any atom is 0.246 e. The molecule has 3 N–H and O–H groups in total. The number of rotatable bonds is 7. The van der Waals surface area contributed by atoms with Gasteiger partial charge in [0.15, 0.2) is 0 Å². The van der Waals surface area contributed by atoms with Gasteiger partial charge in [-0.25, -0.2) is 0 Å². The van der Waals surface area contributed by atoms with Crippen molar-refractivity contribution in [3.8, 4) is 0 Å². The van der Waals surface area contributed by atoms with E-state index >= 15 is 0 Å². The third-order valence-electron chi connectivity index (χ3n) is 3.92. The molecule has 1 aromatic rings. The molecule has 1 saturated heterocycles. The van der Waals surface area contributed by atoms with E-state index < -0.39 is 0 Å². The molecule has 1 fully saturated rings. The number of allylic oxidation sites excluding steroid dienone is 1. The number of hydrogen-bond acceptors (Lipinski definition) is 4. The average Bonchev–Trinajstić information content (AvgIpc) is 2.51. The second-order valence-electron chi connectivity index (χ2n) is 5.56. The lowest BCUT2D eigenvalue weighted by atomic mass is 10.0. The molecule has 0 saturated carbocycles. The van der Waals surface area contributed by atoms with Gasteiger partial charge in [0.25, 0.3) is 0 Å². The fraction of sp³-hybridized carbons (Fsp3) is 0.471. The smallest absolute Gasteiger partial charge is 0.246 e. The number of piperidine rings is 1. The molecule has 1 aliphatic rings. The highest BCUT2D eigenvalue weighted by molar-refractivity contribution is 5.87. The molecule has 1 unspecified atom stereocenters. The van der Waals surface area contributed by atoms with E-state index in [0.717, 1.165) is 43.9 Å². The van der Waals surface area contributed by atoms with Gasteiger partial charge in [-0.15, -0.1) is 0 Å². The molecular formula is C17H26N4O. The summed E-state index contributed by atoms with van der Waals surface area (Å²) in [4.78, 5) is 14.3. The first-order valence-electron chi connectivity index (χ1n) is 7.88. The van der Waals surface area contributed by atoms with Gasteiger partial charge < -0.3 is 20.9 Å². The molecule has 120 valence electrons. The SMILES string of the molecule is C=C1CCC(Nc2cccc(N(CC)CCNC)c2)C(=O)N1. The molecule has 5 heteroatoms. The molecule has 22 heavy (non-hydrogen) atoms. The molecule has 0 radical (unpaired) electrons. The van der Waals surface area contributed by atoms with E-state index in [2.05, 4.69) is 46.5 Å². The maximum atomic E-state index is 12.0. The van der Waals surface area contributed by atoms with E-state index in [1.165, 1.54) is 5.69 Å². The summed E-state index contributed by atoms with van der Waals surface area (Å²) in [7, 11) is 1.96. The van der Waals surface area contributed by atoms with Crippen molar-refractivity contribution in [3.63, 3.8) is 0 Å². The van der Waals surface area contributed by atoms with Crippen molar-refractivity contribution in [1.82, 2.24) is 10.6 Å². The molecule has 0 bridgehead atoms. The van der Waals surface area contributed by atoms with E-state index in [9.17, 15) is 4.79 Å². The van der Waals surface area contributed by atoms with Gasteiger partial charge in [0.05, 0.1) is 0 Å². The first kappa shape index (κ1) is 16.4. The summed E-state index contributed by atoms with van der Waals surface area (Å²) in [6, 6.07) is 8.06. The highest BCUT2D eigenvalue weighted by atomic mass is 16.2. The Morgan fingerprint density at radius 2 is 2.27 bits per heavy atom. The van der Waals surface area contributed by atoms with Crippen molar-refractivity contribution in [2.75, 3.05) is 36.9 Å². The van der Waals surface area contributed by atoms with E-state index in [1.807, 2.05) is 19.2 Å². The number of likely N-dealkylation sites (N-methyl/N-ethyl adjacent to an activating group) is 2. The zero-order valence-corrected chi connectivity index (χ0v) is 13.5. The Labute approximate surface area is 132 Å². The van der Waals surface area contributed by atoms with Gasteiger partial charge in [0, 0.05) is 36.7 Å². The van der Waals surface area contributed by atoms with Gasteiger partial charge in [-0.1, -0.05) is 12.6 Å². The van der Waals surface area contributed by atoms with Gasteiger partial charge >= 0.3 is 0 Å². The lowest BCUT2D eigenvalue weighted by Gasteiger charge is -2.27. The molecular weight excluding hydrogens is 276 g/mol. The predicted molar refractivity (Wildman–Crippen MR) is 92.2 cm³/mol. The predicted octanol–water partition coefficient (Wildman–Crippen LogP) is 1.94. The van der Waals surface area contributed by atoms with Crippen LogP contribution in [0, 0.1) is 0 Å². The van der Waals surface area contributed by atoms with Crippen molar-refractivity contribution in [2.45, 2.75) is 25.8 Å². The minimum Gasteiger partial charge on any atom is -0.374 e. The summed E-state index contributed by atoms with van der Waals surface area (Å²) in [5, 5.41) is 9.32. The van der Waals surface area contributed by atoms with Crippen LogP contribution >= 0.6 is 0 Å². The molecule has 0 spiro atoms. The number of amides is 1. The van der Waals surface area contributed by atoms with Crippen molar-refractivity contribution >= 4 is 17.3 Å². The second-order valence-corrected chi connectivity index (χ2v) is 5.56. The molecule has 0 aromatic heterocycles. The van der Waals surface area contributed by atoms with E-state index in [-0.39, 0.29) is 11.9 Å². The summed E-state index contributed by atoms with van der Waals surface area (Å²) < 4.78 is 0. The monoisotopic (exact) mass is 302 g/mol. The van der Waals surface area contributed by atoms with Crippen LogP contribution in [0.4, 0.5) is 11.4 Å². The average molecular weight is 302 g/mol. The van der Waals surface area contributed by atoms with Crippen LogP contribution in [0.5, 0.6) is 0 Å². The summed E-state index contributed by atoms with van der Waals surface area (Å²) in [6.07, 6.45) is 1.61. The molecule has 5 nitrogen and oxygen atoms in total. The van der Waals surface area contributed by atoms with Crippen molar-refractivity contribution in [1.29, 1.82) is 0 Å². The number of benzene rings is 1.